The van der Waals surface area contributed by atoms with E-state index in [0.717, 1.165) is 23.0 Å². The van der Waals surface area contributed by atoms with Crippen molar-refractivity contribution in [2.75, 3.05) is 5.32 Å². The van der Waals surface area contributed by atoms with E-state index >= 15 is 0 Å². The van der Waals surface area contributed by atoms with Crippen LogP contribution in [0.2, 0.25) is 0 Å². The van der Waals surface area contributed by atoms with Crippen molar-refractivity contribution in [3.63, 3.8) is 0 Å². The summed E-state index contributed by atoms with van der Waals surface area (Å²) >= 11 is 0. The molecule has 2 heterocycles. The predicted molar refractivity (Wildman–Crippen MR) is 116 cm³/mol. The number of carbonyl (C=O) groups is 3. The Morgan fingerprint density at radius 3 is 2.32 bits per heavy atom. The van der Waals surface area contributed by atoms with E-state index in [1.165, 1.54) is 0 Å². The zero-order valence-corrected chi connectivity index (χ0v) is 17.2. The molecule has 1 unspecified atom stereocenters. The number of benzene rings is 1. The van der Waals surface area contributed by atoms with Gasteiger partial charge in [-0.25, -0.2) is 0 Å². The normalized spacial score (nSPS) is 33.9. The number of pyridine rings is 1. The Morgan fingerprint density at radius 2 is 1.61 bits per heavy atom. The van der Waals surface area contributed by atoms with Crippen molar-refractivity contribution in [3.8, 4) is 0 Å². The van der Waals surface area contributed by atoms with E-state index in [9.17, 15) is 14.4 Å². The van der Waals surface area contributed by atoms with E-state index in [1.807, 2.05) is 30.3 Å². The van der Waals surface area contributed by atoms with Crippen LogP contribution >= 0.6 is 0 Å². The molecule has 2 aromatic rings. The molecule has 2 saturated carbocycles. The van der Waals surface area contributed by atoms with Gasteiger partial charge < -0.3 is 5.32 Å². The minimum Gasteiger partial charge on any atom is -0.324 e. The van der Waals surface area contributed by atoms with Crippen LogP contribution in [0.15, 0.2) is 48.7 Å². The summed E-state index contributed by atoms with van der Waals surface area (Å²) in [5.41, 5.74) is 1.51. The van der Waals surface area contributed by atoms with E-state index < -0.39 is 0 Å². The molecule has 3 amide bonds. The number of carbonyl (C=O) groups excluding carboxylic acids is 3. The molecular formula is C25H25N3O3. The Bertz CT molecular complexity index is 1080. The van der Waals surface area contributed by atoms with E-state index in [1.54, 1.807) is 11.1 Å². The largest absolute Gasteiger partial charge is 0.324 e. The van der Waals surface area contributed by atoms with Gasteiger partial charge in [0.15, 0.2) is 0 Å². The van der Waals surface area contributed by atoms with Gasteiger partial charge in [0, 0.05) is 23.5 Å². The molecule has 0 radical (unpaired) electrons. The molecule has 1 N–H and O–H groups in total. The lowest BCUT2D eigenvalue weighted by Gasteiger charge is -2.33. The third-order valence-corrected chi connectivity index (χ3v) is 7.83. The highest BCUT2D eigenvalue weighted by Gasteiger charge is 2.60. The summed E-state index contributed by atoms with van der Waals surface area (Å²) in [6.45, 7) is 0. The monoisotopic (exact) mass is 415 g/mol. The molecule has 6 nitrogen and oxygen atoms in total. The first-order chi connectivity index (χ1) is 15.1. The third-order valence-electron chi connectivity index (χ3n) is 7.83. The fraction of sp³-hybridized carbons (Fsp3) is 0.440. The van der Waals surface area contributed by atoms with Crippen LogP contribution in [0.4, 0.5) is 5.69 Å². The van der Waals surface area contributed by atoms with Crippen molar-refractivity contribution >= 4 is 34.3 Å². The van der Waals surface area contributed by atoms with Crippen molar-refractivity contribution in [2.45, 2.75) is 38.1 Å². The number of fused-ring (bicyclic) bond motifs is 6. The highest BCUT2D eigenvalue weighted by atomic mass is 16.2. The molecule has 4 aliphatic rings. The zero-order chi connectivity index (χ0) is 21.1. The first kappa shape index (κ1) is 18.7. The third kappa shape index (κ3) is 2.84. The number of nitrogens with zero attached hydrogens (tertiary/aromatic N) is 2. The second-order valence-electron chi connectivity index (χ2n) is 9.42. The predicted octanol–water partition coefficient (Wildman–Crippen LogP) is 3.54. The van der Waals surface area contributed by atoms with Crippen molar-refractivity contribution < 1.29 is 14.4 Å². The van der Waals surface area contributed by atoms with Crippen LogP contribution < -0.4 is 5.32 Å². The molecule has 0 spiro atoms. The fourth-order valence-electron chi connectivity index (χ4n) is 6.32. The average molecular weight is 415 g/mol. The number of aromatic nitrogens is 1. The Hall–Kier alpha value is -3.02. The Kier molecular flexibility index (Phi) is 4.23. The molecule has 1 aromatic carbocycles. The van der Waals surface area contributed by atoms with Gasteiger partial charge in [0.05, 0.1) is 23.0 Å². The summed E-state index contributed by atoms with van der Waals surface area (Å²) in [4.78, 5) is 45.0. The molecule has 2 bridgehead atoms. The maximum atomic E-state index is 13.1. The van der Waals surface area contributed by atoms with Crippen LogP contribution in [0.3, 0.4) is 0 Å². The Morgan fingerprint density at radius 1 is 0.935 bits per heavy atom. The lowest BCUT2D eigenvalue weighted by molar-refractivity contribution is -0.144. The first-order valence-corrected chi connectivity index (χ1v) is 11.3. The summed E-state index contributed by atoms with van der Waals surface area (Å²) in [5.74, 6) is 0.156. The number of para-hydroxylation sites is 1. The van der Waals surface area contributed by atoms with Crippen LogP contribution in [-0.4, -0.2) is 33.6 Å². The van der Waals surface area contributed by atoms with Crippen LogP contribution in [0.1, 0.15) is 32.1 Å². The van der Waals surface area contributed by atoms with Gasteiger partial charge in [-0.05, 0) is 56.1 Å². The summed E-state index contributed by atoms with van der Waals surface area (Å²) in [6.07, 6.45) is 9.71. The Balaban J connectivity index is 1.12. The molecule has 3 aliphatic carbocycles. The minimum atomic E-state index is -0.137. The number of imide groups is 1. The maximum absolute atomic E-state index is 13.1. The number of hydrogen-bond donors (Lipinski definition) is 1. The molecule has 1 aromatic heterocycles. The molecule has 31 heavy (non-hydrogen) atoms. The number of nitrogens with one attached hydrogen (secondary N) is 1. The summed E-state index contributed by atoms with van der Waals surface area (Å²) < 4.78 is 0. The second-order valence-corrected chi connectivity index (χ2v) is 9.42. The highest BCUT2D eigenvalue weighted by Crippen LogP contribution is 2.53. The summed E-state index contributed by atoms with van der Waals surface area (Å²) in [6, 6.07) is 9.57. The van der Waals surface area contributed by atoms with Crippen molar-refractivity contribution in [2.24, 2.45) is 29.6 Å². The van der Waals surface area contributed by atoms with Gasteiger partial charge in [-0.15, -0.1) is 0 Å². The van der Waals surface area contributed by atoms with Gasteiger partial charge in [0.25, 0.3) is 0 Å². The van der Waals surface area contributed by atoms with Crippen LogP contribution in [0, 0.1) is 29.6 Å². The molecule has 158 valence electrons. The summed E-state index contributed by atoms with van der Waals surface area (Å²) in [5, 5.41) is 4.04. The first-order valence-electron chi connectivity index (χ1n) is 11.3. The van der Waals surface area contributed by atoms with Gasteiger partial charge in [0.2, 0.25) is 17.7 Å². The lowest BCUT2D eigenvalue weighted by atomic mass is 9.84. The van der Waals surface area contributed by atoms with E-state index in [4.69, 9.17) is 0 Å². The smallest absolute Gasteiger partial charge is 0.233 e. The van der Waals surface area contributed by atoms with Gasteiger partial charge in [-0.3, -0.25) is 24.3 Å². The lowest BCUT2D eigenvalue weighted by Crippen LogP contribution is -2.44. The van der Waals surface area contributed by atoms with Crippen LogP contribution in [0.25, 0.3) is 10.9 Å². The fourth-order valence-corrected chi connectivity index (χ4v) is 6.32. The Labute approximate surface area is 180 Å². The van der Waals surface area contributed by atoms with Crippen molar-refractivity contribution in [3.05, 3.63) is 48.7 Å². The number of rotatable bonds is 3. The van der Waals surface area contributed by atoms with Gasteiger partial charge in [0.1, 0.15) is 0 Å². The molecule has 6 rings (SSSR count). The molecule has 4 atom stereocenters. The molecule has 6 heteroatoms. The number of hydrogen-bond acceptors (Lipinski definition) is 4. The van der Waals surface area contributed by atoms with Crippen molar-refractivity contribution in [1.29, 1.82) is 0 Å². The average Bonchev–Trinajstić information content (AvgIpc) is 3.48. The molecule has 3 fully saturated rings. The maximum Gasteiger partial charge on any atom is 0.233 e. The minimum absolute atomic E-state index is 0.00482. The number of allylic oxidation sites excluding steroid dienone is 2. The number of anilines is 1. The van der Waals surface area contributed by atoms with E-state index in [0.29, 0.717) is 25.7 Å². The second kappa shape index (κ2) is 7.01. The van der Waals surface area contributed by atoms with Gasteiger partial charge >= 0.3 is 0 Å². The number of amides is 3. The molecule has 1 aliphatic heterocycles. The zero-order valence-electron chi connectivity index (χ0n) is 17.2. The standard InChI is InChI=1S/C25H25N3O3/c29-23(27-19-5-1-3-14-4-2-12-26-22(14)19)15-8-10-18(11-9-15)28-24(30)20-16-6-7-17(13-16)21(20)25(28)31/h1-7,12,15-18,20-21H,8-11,13H2,(H,27,29)/t15?,16-,17?,18?,20+,21-/m0/s1. The van der Waals surface area contributed by atoms with Gasteiger partial charge in [-0.2, -0.15) is 0 Å². The molecule has 1 saturated heterocycles. The van der Waals surface area contributed by atoms with Crippen LogP contribution in [-0.2, 0) is 14.4 Å². The van der Waals surface area contributed by atoms with E-state index in [-0.39, 0.29) is 53.4 Å². The SMILES string of the molecule is O=C(Nc1cccc2cccnc12)C1CCC(N2C(=O)[C@@H]3[C@H]4C=CC(C4)[C@@H]3C2=O)CC1. The molecular weight excluding hydrogens is 390 g/mol. The quantitative estimate of drug-likeness (QED) is 0.614. The van der Waals surface area contributed by atoms with Crippen LogP contribution in [0.5, 0.6) is 0 Å². The van der Waals surface area contributed by atoms with E-state index in [2.05, 4.69) is 22.5 Å². The summed E-state index contributed by atoms with van der Waals surface area (Å²) in [7, 11) is 0. The van der Waals surface area contributed by atoms with Crippen molar-refractivity contribution in [1.82, 2.24) is 9.88 Å². The van der Waals surface area contributed by atoms with Gasteiger partial charge in [-0.1, -0.05) is 30.4 Å². The topological polar surface area (TPSA) is 79.4 Å². The number of likely N-dealkylation sites (tertiary alicyclic amines) is 1. The highest BCUT2D eigenvalue weighted by molar-refractivity contribution is 6.07.